The molecule has 0 spiro atoms. The minimum atomic E-state index is -0.508. The third-order valence-electron chi connectivity index (χ3n) is 7.86. The fourth-order valence-electron chi connectivity index (χ4n) is 5.15. The van der Waals surface area contributed by atoms with Gasteiger partial charge in [0.1, 0.15) is 6.07 Å². The van der Waals surface area contributed by atoms with E-state index in [2.05, 4.69) is 21.7 Å². The van der Waals surface area contributed by atoms with Gasteiger partial charge in [-0.3, -0.25) is 0 Å². The summed E-state index contributed by atoms with van der Waals surface area (Å²) in [5, 5.41) is 23.7. The van der Waals surface area contributed by atoms with Crippen molar-refractivity contribution in [2.75, 3.05) is 22.9 Å². The van der Waals surface area contributed by atoms with Crippen molar-refractivity contribution in [2.24, 2.45) is 17.6 Å². The number of nitrogens with zero attached hydrogens (tertiary/aromatic N) is 4. The Hall–Kier alpha value is -3.27. The van der Waals surface area contributed by atoms with Crippen LogP contribution in [0.25, 0.3) is 0 Å². The normalized spacial score (nSPS) is 21.6. The van der Waals surface area contributed by atoms with E-state index in [0.29, 0.717) is 41.8 Å². The van der Waals surface area contributed by atoms with Crippen LogP contribution in [-0.4, -0.2) is 57.7 Å². The van der Waals surface area contributed by atoms with Crippen molar-refractivity contribution in [3.8, 4) is 6.07 Å². The molecule has 39 heavy (non-hydrogen) atoms. The number of amides is 2. The first-order valence-electron chi connectivity index (χ1n) is 13.5. The van der Waals surface area contributed by atoms with E-state index in [1.165, 1.54) is 11.9 Å². The number of anilines is 1. The van der Waals surface area contributed by atoms with E-state index in [0.717, 1.165) is 57.9 Å². The van der Waals surface area contributed by atoms with Gasteiger partial charge in [0.25, 0.3) is 0 Å². The van der Waals surface area contributed by atoms with Gasteiger partial charge in [-0.15, -0.1) is 0 Å². The fourth-order valence-corrected chi connectivity index (χ4v) is 8.24. The number of guanidine groups is 1. The number of hydrogen-bond donors (Lipinski definition) is 4. The number of hydrogen-bond acceptors (Lipinski definition) is 5. The van der Waals surface area contributed by atoms with E-state index >= 15 is 0 Å². The number of aromatic nitrogens is 1. The summed E-state index contributed by atoms with van der Waals surface area (Å²) in [4.78, 5) is 32.4. The molecule has 4 aliphatic rings. The van der Waals surface area contributed by atoms with Gasteiger partial charge in [-0.1, -0.05) is 0 Å². The van der Waals surface area contributed by atoms with Gasteiger partial charge < -0.3 is 0 Å². The summed E-state index contributed by atoms with van der Waals surface area (Å²) in [6, 6.07) is 5.40. The summed E-state index contributed by atoms with van der Waals surface area (Å²) >= 11 is -0.508. The van der Waals surface area contributed by atoms with E-state index in [9.17, 15) is 9.59 Å². The summed E-state index contributed by atoms with van der Waals surface area (Å²) in [6.45, 7) is 2.50. The molecule has 0 bridgehead atoms. The molecular weight excluding hydrogens is 607 g/mol. The molecule has 5 rings (SSSR count). The molecule has 11 heteroatoms. The van der Waals surface area contributed by atoms with Crippen LogP contribution in [0.3, 0.4) is 0 Å². The van der Waals surface area contributed by atoms with E-state index in [1.54, 1.807) is 15.5 Å². The van der Waals surface area contributed by atoms with Crippen molar-refractivity contribution in [3.63, 3.8) is 0 Å². The quantitative estimate of drug-likeness (QED) is 0.0703. The van der Waals surface area contributed by atoms with Gasteiger partial charge in [-0.2, -0.15) is 5.26 Å². The van der Waals surface area contributed by atoms with Crippen LogP contribution in [0.5, 0.6) is 0 Å². The Bertz CT molecular complexity index is 1350. The van der Waals surface area contributed by atoms with Crippen LogP contribution < -0.4 is 42.5 Å². The van der Waals surface area contributed by atoms with Crippen LogP contribution in [0.2, 0.25) is 0 Å². The molecule has 2 amide bonds. The summed E-state index contributed by atoms with van der Waals surface area (Å²) in [6.07, 6.45) is 7.61. The van der Waals surface area contributed by atoms with Crippen molar-refractivity contribution in [3.05, 3.63) is 43.9 Å². The molecule has 0 unspecified atom stereocenters. The predicted molar refractivity (Wildman–Crippen MR) is 143 cm³/mol. The molecule has 1 aliphatic heterocycles. The standard InChI is InChI=1S/C28H34IN8O2/c1-16-23(10-8-20(13-30)34-16)36(2)28(32)37(15-31)21-9-7-19-12-29-25(35-26(38)18-5-6-18)24(22(19)11-21)27(39)33-14-17-3-4-17/h8,10,15,17-18,21,31-32H,3-7,9,11-12,14H2,1-2H3,(H2,33,35,38,39)/q-1/p+1/t21-/m0/s1. The zero-order chi connectivity index (χ0) is 27.7. The zero-order valence-electron chi connectivity index (χ0n) is 22.4. The zero-order valence-corrected chi connectivity index (χ0v) is 24.5. The Kier molecular flexibility index (Phi) is 8.02. The summed E-state index contributed by atoms with van der Waals surface area (Å²) in [5.41, 5.74) is 11.4. The molecule has 0 radical (unpaired) electrons. The number of nitrogens with one attached hydrogen (secondary N) is 3. The minimum absolute atomic E-state index is 0.0420. The average Bonchev–Trinajstić information content (AvgIpc) is 3.85. The Morgan fingerprint density at radius 2 is 2.08 bits per heavy atom. The molecule has 0 saturated heterocycles. The Morgan fingerprint density at radius 1 is 1.31 bits per heavy atom. The van der Waals surface area contributed by atoms with E-state index in [1.807, 2.05) is 20.0 Å². The fraction of sp³-hybridized carbons (Fsp3) is 0.500. The molecule has 0 aromatic carbocycles. The van der Waals surface area contributed by atoms with Crippen LogP contribution in [-0.2, 0) is 9.59 Å². The maximum absolute atomic E-state index is 13.6. The third-order valence-corrected chi connectivity index (χ3v) is 10.7. The third kappa shape index (κ3) is 6.00. The maximum atomic E-state index is 13.6. The number of rotatable bonds is 8. The second-order valence-electron chi connectivity index (χ2n) is 10.7. The van der Waals surface area contributed by atoms with Gasteiger partial charge in [-0.25, -0.2) is 0 Å². The number of carbonyl (C=O) groups is 2. The monoisotopic (exact) mass is 642 g/mol. The molecule has 3 aliphatic carbocycles. The predicted octanol–water partition coefficient (Wildman–Crippen LogP) is -1.15. The van der Waals surface area contributed by atoms with Crippen LogP contribution in [0.1, 0.15) is 56.3 Å². The van der Waals surface area contributed by atoms with E-state index < -0.39 is 21.2 Å². The van der Waals surface area contributed by atoms with Gasteiger partial charge in [-0.05, 0) is 0 Å². The average molecular weight is 643 g/mol. The number of alkyl halides is 1. The molecule has 1 atom stereocenters. The summed E-state index contributed by atoms with van der Waals surface area (Å²) < 4.78 is 3.53. The number of allylic oxidation sites excluding steroid dienone is 1. The Balaban J connectivity index is 1.44. The first-order chi connectivity index (χ1) is 18.8. The van der Waals surface area contributed by atoms with Gasteiger partial charge >= 0.3 is 229 Å². The number of pyridine rings is 1. The summed E-state index contributed by atoms with van der Waals surface area (Å²) in [5.74, 6) is 0.965. The molecule has 5 N–H and O–H groups in total. The SMILES string of the molecule is Cc1nc(C#N)ccc1N(C)C(N)=[N+](C=N)[C@H]1CCC2=C(C1)C(C(=O)NCC1CC1)=C(NC(=O)C1CC1)[I-]C2. The first-order valence-corrected chi connectivity index (χ1v) is 16.1. The number of aryl methyl sites for hydroxylation is 1. The van der Waals surface area contributed by atoms with Gasteiger partial charge in [0.15, 0.2) is 0 Å². The van der Waals surface area contributed by atoms with Crippen LogP contribution in [0.4, 0.5) is 5.69 Å². The Labute approximate surface area is 239 Å². The van der Waals surface area contributed by atoms with Crippen molar-refractivity contribution < 1.29 is 35.4 Å². The molecule has 2 heterocycles. The second kappa shape index (κ2) is 11.5. The molecule has 2 fully saturated rings. The number of nitriles is 1. The number of carbonyl (C=O) groups excluding carboxylic acids is 2. The van der Waals surface area contributed by atoms with E-state index in [-0.39, 0.29) is 23.8 Å². The van der Waals surface area contributed by atoms with Crippen LogP contribution >= 0.6 is 0 Å². The van der Waals surface area contributed by atoms with Gasteiger partial charge in [0, 0.05) is 0 Å². The van der Waals surface area contributed by atoms with Crippen molar-refractivity contribution in [1.82, 2.24) is 15.6 Å². The molecule has 10 nitrogen and oxygen atoms in total. The molecule has 1 aromatic heterocycles. The van der Waals surface area contributed by atoms with E-state index in [4.69, 9.17) is 16.4 Å². The Morgan fingerprint density at radius 3 is 2.72 bits per heavy atom. The molecule has 1 aromatic rings. The number of halogens is 1. The topological polar surface area (TPSA) is 151 Å². The first kappa shape index (κ1) is 27.3. The second-order valence-corrected chi connectivity index (χ2v) is 13.3. The van der Waals surface area contributed by atoms with Gasteiger partial charge in [0.2, 0.25) is 0 Å². The number of nitrogens with two attached hydrogens (primary N) is 1. The van der Waals surface area contributed by atoms with Gasteiger partial charge in [0.05, 0.1) is 0 Å². The van der Waals surface area contributed by atoms with Crippen molar-refractivity contribution in [2.45, 2.75) is 57.9 Å². The molecular formula is C28H35IN8O2. The molecule has 2 saturated carbocycles. The van der Waals surface area contributed by atoms with Crippen LogP contribution in [0.15, 0.2) is 32.6 Å². The van der Waals surface area contributed by atoms with Crippen LogP contribution in [0, 0.1) is 35.5 Å². The van der Waals surface area contributed by atoms with Crippen molar-refractivity contribution in [1.29, 1.82) is 10.7 Å². The summed E-state index contributed by atoms with van der Waals surface area (Å²) in [7, 11) is 1.82. The van der Waals surface area contributed by atoms with Crippen molar-refractivity contribution >= 4 is 29.8 Å². The molecule has 206 valence electrons.